The van der Waals surface area contributed by atoms with Crippen LogP contribution in [0.15, 0.2) is 24.3 Å². The molecule has 0 saturated carbocycles. The minimum atomic E-state index is -0.159. The highest BCUT2D eigenvalue weighted by Gasteiger charge is 2.24. The Bertz CT molecular complexity index is 478. The molecule has 1 aromatic carbocycles. The molecule has 0 aliphatic carbocycles. The molecular formula is C15H20N2O3. The first-order chi connectivity index (χ1) is 9.70. The monoisotopic (exact) mass is 276 g/mol. The number of benzene rings is 1. The first-order valence-corrected chi connectivity index (χ1v) is 6.94. The van der Waals surface area contributed by atoms with Crippen LogP contribution in [0.5, 0.6) is 0 Å². The Morgan fingerprint density at radius 1 is 1.45 bits per heavy atom. The Kier molecular flexibility index (Phi) is 5.12. The molecule has 2 N–H and O–H groups in total. The minimum absolute atomic E-state index is 0.0193. The number of rotatable bonds is 5. The SMILES string of the molecule is CCOCc1ccccc1NC(=O)C1CCC(=O)NC1. The third-order valence-electron chi connectivity index (χ3n) is 3.37. The van der Waals surface area contributed by atoms with Gasteiger partial charge < -0.3 is 15.4 Å². The molecule has 1 aliphatic rings. The minimum Gasteiger partial charge on any atom is -0.377 e. The lowest BCUT2D eigenvalue weighted by Gasteiger charge is -2.22. The summed E-state index contributed by atoms with van der Waals surface area (Å²) in [5.74, 6) is -0.187. The van der Waals surface area contributed by atoms with Crippen LogP contribution in [0.2, 0.25) is 0 Å². The highest BCUT2D eigenvalue weighted by Crippen LogP contribution is 2.19. The fraction of sp³-hybridized carbons (Fsp3) is 0.467. The Morgan fingerprint density at radius 2 is 2.25 bits per heavy atom. The first-order valence-electron chi connectivity index (χ1n) is 6.94. The fourth-order valence-corrected chi connectivity index (χ4v) is 2.17. The predicted molar refractivity (Wildman–Crippen MR) is 76.1 cm³/mol. The number of anilines is 1. The third-order valence-corrected chi connectivity index (χ3v) is 3.37. The van der Waals surface area contributed by atoms with E-state index in [9.17, 15) is 9.59 Å². The van der Waals surface area contributed by atoms with Crippen molar-refractivity contribution in [1.29, 1.82) is 0 Å². The van der Waals surface area contributed by atoms with Gasteiger partial charge in [0.1, 0.15) is 0 Å². The molecule has 5 heteroatoms. The molecule has 1 aliphatic heterocycles. The van der Waals surface area contributed by atoms with E-state index in [-0.39, 0.29) is 17.7 Å². The summed E-state index contributed by atoms with van der Waals surface area (Å²) in [6.45, 7) is 3.47. The number of amides is 2. The largest absolute Gasteiger partial charge is 0.377 e. The van der Waals surface area contributed by atoms with Gasteiger partial charge in [0.15, 0.2) is 0 Å². The van der Waals surface area contributed by atoms with Crippen molar-refractivity contribution in [3.05, 3.63) is 29.8 Å². The topological polar surface area (TPSA) is 67.4 Å². The van der Waals surface area contributed by atoms with Crippen molar-refractivity contribution >= 4 is 17.5 Å². The van der Waals surface area contributed by atoms with E-state index in [2.05, 4.69) is 10.6 Å². The lowest BCUT2D eigenvalue weighted by atomic mass is 9.98. The molecule has 1 fully saturated rings. The maximum Gasteiger partial charge on any atom is 0.229 e. The van der Waals surface area contributed by atoms with Gasteiger partial charge in [0.25, 0.3) is 0 Å². The van der Waals surface area contributed by atoms with Gasteiger partial charge in [0.05, 0.1) is 12.5 Å². The summed E-state index contributed by atoms with van der Waals surface area (Å²) in [5.41, 5.74) is 1.74. The van der Waals surface area contributed by atoms with Crippen LogP contribution >= 0.6 is 0 Å². The van der Waals surface area contributed by atoms with Gasteiger partial charge in [-0.15, -0.1) is 0 Å². The molecule has 20 heavy (non-hydrogen) atoms. The Labute approximate surface area is 118 Å². The summed E-state index contributed by atoms with van der Waals surface area (Å²) in [5, 5.41) is 5.66. The molecular weight excluding hydrogens is 256 g/mol. The van der Waals surface area contributed by atoms with E-state index >= 15 is 0 Å². The summed E-state index contributed by atoms with van der Waals surface area (Å²) in [4.78, 5) is 23.3. The van der Waals surface area contributed by atoms with Crippen molar-refractivity contribution in [2.75, 3.05) is 18.5 Å². The van der Waals surface area contributed by atoms with Crippen molar-refractivity contribution < 1.29 is 14.3 Å². The smallest absolute Gasteiger partial charge is 0.229 e. The van der Waals surface area contributed by atoms with E-state index in [1.165, 1.54) is 0 Å². The molecule has 108 valence electrons. The van der Waals surface area contributed by atoms with Gasteiger partial charge in [-0.2, -0.15) is 0 Å². The molecule has 1 saturated heterocycles. The van der Waals surface area contributed by atoms with E-state index < -0.39 is 0 Å². The average molecular weight is 276 g/mol. The summed E-state index contributed by atoms with van der Waals surface area (Å²) >= 11 is 0. The Hall–Kier alpha value is -1.88. The molecule has 1 heterocycles. The quantitative estimate of drug-likeness (QED) is 0.860. The lowest BCUT2D eigenvalue weighted by Crippen LogP contribution is -2.40. The maximum absolute atomic E-state index is 12.2. The zero-order chi connectivity index (χ0) is 14.4. The number of carbonyl (C=O) groups excluding carboxylic acids is 2. The van der Waals surface area contributed by atoms with Crippen LogP contribution in [0.25, 0.3) is 0 Å². The molecule has 2 rings (SSSR count). The van der Waals surface area contributed by atoms with Crippen LogP contribution in [0, 0.1) is 5.92 Å². The molecule has 2 amide bonds. The number of hydrogen-bond donors (Lipinski definition) is 2. The van der Waals surface area contributed by atoms with Crippen LogP contribution in [-0.2, 0) is 20.9 Å². The summed E-state index contributed by atoms with van der Waals surface area (Å²) < 4.78 is 5.39. The van der Waals surface area contributed by atoms with E-state index in [1.54, 1.807) is 0 Å². The van der Waals surface area contributed by atoms with Crippen molar-refractivity contribution in [3.63, 3.8) is 0 Å². The fourth-order valence-electron chi connectivity index (χ4n) is 2.17. The van der Waals surface area contributed by atoms with Crippen LogP contribution in [0.4, 0.5) is 5.69 Å². The van der Waals surface area contributed by atoms with E-state index in [0.29, 0.717) is 32.6 Å². The molecule has 1 atom stereocenters. The van der Waals surface area contributed by atoms with Crippen molar-refractivity contribution in [2.45, 2.75) is 26.4 Å². The van der Waals surface area contributed by atoms with Crippen molar-refractivity contribution in [3.8, 4) is 0 Å². The number of ether oxygens (including phenoxy) is 1. The second-order valence-electron chi connectivity index (χ2n) is 4.82. The Balaban J connectivity index is 1.98. The predicted octanol–water partition coefficient (Wildman–Crippen LogP) is 1.69. The van der Waals surface area contributed by atoms with Crippen LogP contribution in [0.3, 0.4) is 0 Å². The van der Waals surface area contributed by atoms with Crippen LogP contribution in [-0.4, -0.2) is 25.0 Å². The highest BCUT2D eigenvalue weighted by molar-refractivity contribution is 5.94. The summed E-state index contributed by atoms with van der Waals surface area (Å²) in [7, 11) is 0. The zero-order valence-corrected chi connectivity index (χ0v) is 11.6. The number of para-hydroxylation sites is 1. The second-order valence-corrected chi connectivity index (χ2v) is 4.82. The normalized spacial score (nSPS) is 18.4. The van der Waals surface area contributed by atoms with Gasteiger partial charge in [-0.05, 0) is 19.4 Å². The molecule has 1 aromatic rings. The van der Waals surface area contributed by atoms with Gasteiger partial charge in [-0.3, -0.25) is 9.59 Å². The molecule has 1 unspecified atom stereocenters. The van der Waals surface area contributed by atoms with Gasteiger partial charge in [-0.25, -0.2) is 0 Å². The summed E-state index contributed by atoms with van der Waals surface area (Å²) in [6, 6.07) is 7.61. The molecule has 0 radical (unpaired) electrons. The Morgan fingerprint density at radius 3 is 2.95 bits per heavy atom. The average Bonchev–Trinajstić information content (AvgIpc) is 2.47. The number of piperidine rings is 1. The van der Waals surface area contributed by atoms with Crippen LogP contribution in [0.1, 0.15) is 25.3 Å². The maximum atomic E-state index is 12.2. The van der Waals surface area contributed by atoms with E-state index in [4.69, 9.17) is 4.74 Å². The standard InChI is InChI=1S/C15H20N2O3/c1-2-20-10-12-5-3-4-6-13(12)17-15(19)11-7-8-14(18)16-9-11/h3-6,11H,2,7-10H2,1H3,(H,16,18)(H,17,19). The number of nitrogens with one attached hydrogen (secondary N) is 2. The number of carbonyl (C=O) groups is 2. The van der Waals surface area contributed by atoms with Crippen molar-refractivity contribution in [1.82, 2.24) is 5.32 Å². The lowest BCUT2D eigenvalue weighted by molar-refractivity contribution is -0.126. The van der Waals surface area contributed by atoms with E-state index in [0.717, 1.165) is 11.3 Å². The number of hydrogen-bond acceptors (Lipinski definition) is 3. The molecule has 0 spiro atoms. The molecule has 0 bridgehead atoms. The van der Waals surface area contributed by atoms with Gasteiger partial charge in [0.2, 0.25) is 11.8 Å². The highest BCUT2D eigenvalue weighted by atomic mass is 16.5. The van der Waals surface area contributed by atoms with Gasteiger partial charge in [0, 0.05) is 30.8 Å². The van der Waals surface area contributed by atoms with Gasteiger partial charge >= 0.3 is 0 Å². The first kappa shape index (κ1) is 14.5. The second kappa shape index (κ2) is 7.05. The van der Waals surface area contributed by atoms with Crippen LogP contribution < -0.4 is 10.6 Å². The third kappa shape index (κ3) is 3.81. The zero-order valence-electron chi connectivity index (χ0n) is 11.6. The van der Waals surface area contributed by atoms with E-state index in [1.807, 2.05) is 31.2 Å². The molecule has 0 aromatic heterocycles. The molecule has 5 nitrogen and oxygen atoms in total. The van der Waals surface area contributed by atoms with Gasteiger partial charge in [-0.1, -0.05) is 18.2 Å². The van der Waals surface area contributed by atoms with Crippen molar-refractivity contribution in [2.24, 2.45) is 5.92 Å². The summed E-state index contributed by atoms with van der Waals surface area (Å²) in [6.07, 6.45) is 1.02.